The van der Waals surface area contributed by atoms with E-state index < -0.39 is 0 Å². The molecule has 1 heterocycles. The smallest absolute Gasteiger partial charge is 0.255 e. The summed E-state index contributed by atoms with van der Waals surface area (Å²) in [5.74, 6) is 0.728. The number of halogens is 1. The molecule has 1 unspecified atom stereocenters. The normalized spacial score (nSPS) is 19.3. The van der Waals surface area contributed by atoms with Crippen molar-refractivity contribution in [3.8, 4) is 0 Å². The average molecular weight is 311 g/mol. The third-order valence-electron chi connectivity index (χ3n) is 3.42. The first-order valence-corrected chi connectivity index (χ1v) is 7.11. The highest BCUT2D eigenvalue weighted by Gasteiger charge is 2.27. The average Bonchev–Trinajstić information content (AvgIpc) is 2.80. The number of likely N-dealkylation sites (tertiary alicyclic amines) is 1. The highest BCUT2D eigenvalue weighted by Crippen LogP contribution is 2.23. The molecule has 3 nitrogen and oxygen atoms in total. The summed E-state index contributed by atoms with van der Waals surface area (Å²) < 4.78 is 0.884. The van der Waals surface area contributed by atoms with E-state index in [9.17, 15) is 4.79 Å². The molecule has 1 amide bonds. The summed E-state index contributed by atoms with van der Waals surface area (Å²) in [6, 6.07) is 5.91. The Hall–Kier alpha value is -0.870. The van der Waals surface area contributed by atoms with E-state index in [-0.39, 0.29) is 5.91 Å². The van der Waals surface area contributed by atoms with Gasteiger partial charge in [-0.15, -0.1) is 0 Å². The minimum atomic E-state index is 0.143. The molecule has 2 rings (SSSR count). The molecule has 0 saturated carbocycles. The molecule has 1 aromatic carbocycles. The Balaban J connectivity index is 2.10. The lowest BCUT2D eigenvalue weighted by Gasteiger charge is -2.17. The van der Waals surface area contributed by atoms with Crippen LogP contribution in [-0.4, -0.2) is 37.5 Å². The Labute approximate surface area is 117 Å². The maximum absolute atomic E-state index is 12.4. The monoisotopic (exact) mass is 310 g/mol. The van der Waals surface area contributed by atoms with E-state index in [1.165, 1.54) is 0 Å². The summed E-state index contributed by atoms with van der Waals surface area (Å²) in [5, 5.41) is 3.18. The van der Waals surface area contributed by atoms with Gasteiger partial charge in [0.15, 0.2) is 0 Å². The van der Waals surface area contributed by atoms with Crippen LogP contribution in [0.1, 0.15) is 22.3 Å². The van der Waals surface area contributed by atoms with Crippen LogP contribution in [0, 0.1) is 12.8 Å². The molecular weight excluding hydrogens is 292 g/mol. The molecule has 18 heavy (non-hydrogen) atoms. The summed E-state index contributed by atoms with van der Waals surface area (Å²) in [4.78, 5) is 14.4. The van der Waals surface area contributed by atoms with Crippen LogP contribution in [0.2, 0.25) is 0 Å². The Morgan fingerprint density at radius 3 is 3.06 bits per heavy atom. The summed E-state index contributed by atoms with van der Waals surface area (Å²) in [5.41, 5.74) is 1.90. The fourth-order valence-corrected chi connectivity index (χ4v) is 2.86. The molecule has 0 aromatic heterocycles. The van der Waals surface area contributed by atoms with Gasteiger partial charge in [0.05, 0.1) is 5.56 Å². The van der Waals surface area contributed by atoms with E-state index in [1.54, 1.807) is 0 Å². The van der Waals surface area contributed by atoms with Crippen LogP contribution < -0.4 is 5.32 Å². The molecule has 0 spiro atoms. The fourth-order valence-electron chi connectivity index (χ4n) is 2.45. The SMILES string of the molecule is CNCC1CCN(C(=O)c2cc(C)ccc2Br)C1. The molecule has 0 radical (unpaired) electrons. The number of hydrogen-bond donors (Lipinski definition) is 1. The summed E-state index contributed by atoms with van der Waals surface area (Å²) in [7, 11) is 1.96. The van der Waals surface area contributed by atoms with E-state index in [0.29, 0.717) is 5.92 Å². The molecule has 1 N–H and O–H groups in total. The van der Waals surface area contributed by atoms with E-state index in [4.69, 9.17) is 0 Å². The van der Waals surface area contributed by atoms with Gasteiger partial charge in [0, 0.05) is 17.6 Å². The van der Waals surface area contributed by atoms with Crippen LogP contribution in [0.5, 0.6) is 0 Å². The lowest BCUT2D eigenvalue weighted by molar-refractivity contribution is 0.0786. The van der Waals surface area contributed by atoms with Crippen LogP contribution >= 0.6 is 15.9 Å². The zero-order chi connectivity index (χ0) is 13.1. The number of carbonyl (C=O) groups excluding carboxylic acids is 1. The van der Waals surface area contributed by atoms with Gasteiger partial charge in [0.25, 0.3) is 5.91 Å². The third-order valence-corrected chi connectivity index (χ3v) is 4.11. The van der Waals surface area contributed by atoms with Crippen molar-refractivity contribution >= 4 is 21.8 Å². The Kier molecular flexibility index (Phi) is 4.40. The number of carbonyl (C=O) groups is 1. The Bertz CT molecular complexity index is 447. The maximum Gasteiger partial charge on any atom is 0.255 e. The number of hydrogen-bond acceptors (Lipinski definition) is 2. The predicted molar refractivity (Wildman–Crippen MR) is 76.8 cm³/mol. The van der Waals surface area contributed by atoms with E-state index in [1.807, 2.05) is 37.1 Å². The topological polar surface area (TPSA) is 32.3 Å². The van der Waals surface area contributed by atoms with Crippen molar-refractivity contribution in [2.75, 3.05) is 26.7 Å². The van der Waals surface area contributed by atoms with E-state index in [2.05, 4.69) is 21.2 Å². The molecule has 0 bridgehead atoms. The first kappa shape index (κ1) is 13.6. The lowest BCUT2D eigenvalue weighted by atomic mass is 10.1. The van der Waals surface area contributed by atoms with Crippen LogP contribution in [0.4, 0.5) is 0 Å². The third kappa shape index (κ3) is 2.93. The largest absolute Gasteiger partial charge is 0.338 e. The second kappa shape index (κ2) is 5.85. The predicted octanol–water partition coefficient (Wildman–Crippen LogP) is 2.44. The molecule has 1 aliphatic rings. The van der Waals surface area contributed by atoms with Crippen molar-refractivity contribution in [2.45, 2.75) is 13.3 Å². The van der Waals surface area contributed by atoms with Gasteiger partial charge in [-0.3, -0.25) is 4.79 Å². The van der Waals surface area contributed by atoms with Gasteiger partial charge in [0.1, 0.15) is 0 Å². The van der Waals surface area contributed by atoms with Crippen molar-refractivity contribution in [1.29, 1.82) is 0 Å². The molecule has 1 aromatic rings. The summed E-state index contributed by atoms with van der Waals surface area (Å²) in [6.45, 7) is 4.72. The minimum Gasteiger partial charge on any atom is -0.338 e. The number of benzene rings is 1. The summed E-state index contributed by atoms with van der Waals surface area (Å²) in [6.07, 6.45) is 1.09. The van der Waals surface area contributed by atoms with Crippen molar-refractivity contribution in [3.63, 3.8) is 0 Å². The van der Waals surface area contributed by atoms with E-state index in [0.717, 1.165) is 41.7 Å². The van der Waals surface area contributed by atoms with Crippen molar-refractivity contribution in [2.24, 2.45) is 5.92 Å². The zero-order valence-corrected chi connectivity index (χ0v) is 12.5. The van der Waals surface area contributed by atoms with Gasteiger partial charge in [-0.2, -0.15) is 0 Å². The fraction of sp³-hybridized carbons (Fsp3) is 0.500. The molecule has 1 atom stereocenters. The zero-order valence-electron chi connectivity index (χ0n) is 10.9. The van der Waals surface area contributed by atoms with Crippen LogP contribution in [0.25, 0.3) is 0 Å². The molecular formula is C14H19BrN2O. The Morgan fingerprint density at radius 1 is 1.56 bits per heavy atom. The highest BCUT2D eigenvalue weighted by atomic mass is 79.9. The highest BCUT2D eigenvalue weighted by molar-refractivity contribution is 9.10. The standard InChI is InChI=1S/C14H19BrN2O/c1-10-3-4-13(15)12(7-10)14(18)17-6-5-11(9-17)8-16-2/h3-4,7,11,16H,5-6,8-9H2,1-2H3. The molecule has 4 heteroatoms. The molecule has 1 saturated heterocycles. The first-order valence-electron chi connectivity index (χ1n) is 6.32. The number of amides is 1. The molecule has 0 aliphatic carbocycles. The van der Waals surface area contributed by atoms with Crippen molar-refractivity contribution < 1.29 is 4.79 Å². The van der Waals surface area contributed by atoms with Crippen LogP contribution in [-0.2, 0) is 0 Å². The first-order chi connectivity index (χ1) is 8.61. The van der Waals surface area contributed by atoms with Crippen molar-refractivity contribution in [3.05, 3.63) is 33.8 Å². The second-order valence-corrected chi connectivity index (χ2v) is 5.80. The van der Waals surface area contributed by atoms with Gasteiger partial charge >= 0.3 is 0 Å². The van der Waals surface area contributed by atoms with Gasteiger partial charge in [-0.05, 0) is 60.9 Å². The van der Waals surface area contributed by atoms with Crippen molar-refractivity contribution in [1.82, 2.24) is 10.2 Å². The van der Waals surface area contributed by atoms with Gasteiger partial charge in [-0.1, -0.05) is 11.6 Å². The van der Waals surface area contributed by atoms with E-state index >= 15 is 0 Å². The number of aryl methyl sites for hydroxylation is 1. The van der Waals surface area contributed by atoms with Gasteiger partial charge < -0.3 is 10.2 Å². The van der Waals surface area contributed by atoms with Gasteiger partial charge in [-0.25, -0.2) is 0 Å². The molecule has 1 fully saturated rings. The minimum absolute atomic E-state index is 0.143. The Morgan fingerprint density at radius 2 is 2.33 bits per heavy atom. The summed E-state index contributed by atoms with van der Waals surface area (Å²) >= 11 is 3.46. The van der Waals surface area contributed by atoms with Crippen LogP contribution in [0.3, 0.4) is 0 Å². The maximum atomic E-state index is 12.4. The quantitative estimate of drug-likeness (QED) is 0.930. The number of rotatable bonds is 3. The second-order valence-electron chi connectivity index (χ2n) is 4.95. The van der Waals surface area contributed by atoms with Gasteiger partial charge in [0.2, 0.25) is 0 Å². The molecule has 98 valence electrons. The number of nitrogens with zero attached hydrogens (tertiary/aromatic N) is 1. The molecule has 1 aliphatic heterocycles. The lowest BCUT2D eigenvalue weighted by Crippen LogP contribution is -2.30. The number of nitrogens with one attached hydrogen (secondary N) is 1. The van der Waals surface area contributed by atoms with Crippen LogP contribution in [0.15, 0.2) is 22.7 Å².